The second-order valence-electron chi connectivity index (χ2n) is 6.43. The molecular weight excluding hydrogens is 373 g/mol. The van der Waals surface area contributed by atoms with Crippen molar-refractivity contribution in [2.24, 2.45) is 5.73 Å². The van der Waals surface area contributed by atoms with Crippen LogP contribution >= 0.6 is 0 Å². The number of hydrogen-bond donors (Lipinski definition) is 1. The monoisotopic (exact) mass is 394 g/mol. The van der Waals surface area contributed by atoms with Gasteiger partial charge in [0, 0.05) is 18.7 Å². The quantitative estimate of drug-likeness (QED) is 0.699. The first kappa shape index (κ1) is 21.4. The van der Waals surface area contributed by atoms with Gasteiger partial charge < -0.3 is 15.4 Å². The van der Waals surface area contributed by atoms with E-state index in [1.165, 1.54) is 0 Å². The summed E-state index contributed by atoms with van der Waals surface area (Å²) in [6.07, 6.45) is -4.31. The molecule has 0 spiro atoms. The van der Waals surface area contributed by atoms with Gasteiger partial charge in [-0.1, -0.05) is 29.8 Å². The topological polar surface area (TPSA) is 72.6 Å². The van der Waals surface area contributed by atoms with Gasteiger partial charge in [-0.3, -0.25) is 9.59 Å². The molecule has 8 heteroatoms. The van der Waals surface area contributed by atoms with Gasteiger partial charge in [-0.05, 0) is 36.8 Å². The van der Waals surface area contributed by atoms with Crippen LogP contribution in [0.25, 0.3) is 0 Å². The van der Waals surface area contributed by atoms with Crippen molar-refractivity contribution in [3.05, 3.63) is 65.2 Å². The van der Waals surface area contributed by atoms with Crippen LogP contribution in [0.2, 0.25) is 0 Å². The molecule has 0 fully saturated rings. The van der Waals surface area contributed by atoms with E-state index in [2.05, 4.69) is 0 Å². The Morgan fingerprint density at radius 2 is 1.75 bits per heavy atom. The number of nitrogens with two attached hydrogens (primary N) is 1. The fourth-order valence-corrected chi connectivity index (χ4v) is 2.49. The standard InChI is InChI=1S/C20H21F3N2O3/c1-14-2-4-15(5-3-14)10-25(19(27)20(21,22)23)11-17(24)13-28-18-8-6-16(12-26)7-9-18/h2-9,12,17H,10-11,13,24H2,1H3/t17-/m0/s1. The van der Waals surface area contributed by atoms with Gasteiger partial charge in [0.2, 0.25) is 0 Å². The molecule has 5 nitrogen and oxygen atoms in total. The minimum Gasteiger partial charge on any atom is -0.492 e. The van der Waals surface area contributed by atoms with Crippen LogP contribution in [-0.2, 0) is 11.3 Å². The maximum Gasteiger partial charge on any atom is 0.471 e. The highest BCUT2D eigenvalue weighted by Crippen LogP contribution is 2.20. The van der Waals surface area contributed by atoms with Gasteiger partial charge in [-0.25, -0.2) is 0 Å². The van der Waals surface area contributed by atoms with Crippen molar-refractivity contribution in [1.29, 1.82) is 0 Å². The van der Waals surface area contributed by atoms with Crippen LogP contribution in [0.3, 0.4) is 0 Å². The molecule has 1 atom stereocenters. The SMILES string of the molecule is Cc1ccc(CN(C[C@H](N)COc2ccc(C=O)cc2)C(=O)C(F)(F)F)cc1. The Labute approximate surface area is 160 Å². The third kappa shape index (κ3) is 6.38. The maximum absolute atomic E-state index is 12.9. The van der Waals surface area contributed by atoms with E-state index >= 15 is 0 Å². The van der Waals surface area contributed by atoms with Crippen LogP contribution in [0.1, 0.15) is 21.5 Å². The highest BCUT2D eigenvalue weighted by molar-refractivity contribution is 5.81. The first-order chi connectivity index (χ1) is 13.2. The second kappa shape index (κ2) is 9.36. The number of nitrogens with zero attached hydrogens (tertiary/aromatic N) is 1. The third-order valence-electron chi connectivity index (χ3n) is 3.96. The zero-order valence-electron chi connectivity index (χ0n) is 15.3. The van der Waals surface area contributed by atoms with Crippen molar-refractivity contribution in [2.45, 2.75) is 25.7 Å². The summed E-state index contributed by atoms with van der Waals surface area (Å²) in [5.74, 6) is -1.52. The second-order valence-corrected chi connectivity index (χ2v) is 6.43. The number of hydrogen-bond acceptors (Lipinski definition) is 4. The van der Waals surface area contributed by atoms with Gasteiger partial charge >= 0.3 is 12.1 Å². The zero-order valence-corrected chi connectivity index (χ0v) is 15.3. The summed E-state index contributed by atoms with van der Waals surface area (Å²) >= 11 is 0. The van der Waals surface area contributed by atoms with E-state index in [9.17, 15) is 22.8 Å². The van der Waals surface area contributed by atoms with Crippen molar-refractivity contribution >= 4 is 12.2 Å². The van der Waals surface area contributed by atoms with E-state index in [-0.39, 0.29) is 19.7 Å². The molecule has 1 amide bonds. The number of alkyl halides is 3. The summed E-state index contributed by atoms with van der Waals surface area (Å²) in [5.41, 5.74) is 7.90. The summed E-state index contributed by atoms with van der Waals surface area (Å²) < 4.78 is 44.3. The molecule has 150 valence electrons. The average molecular weight is 394 g/mol. The number of halogens is 3. The number of carbonyl (C=O) groups excluding carboxylic acids is 2. The molecule has 0 aliphatic heterocycles. The Bertz CT molecular complexity index is 790. The zero-order chi connectivity index (χ0) is 20.7. The number of aldehydes is 1. The van der Waals surface area contributed by atoms with Crippen molar-refractivity contribution in [3.8, 4) is 5.75 Å². The summed E-state index contributed by atoms with van der Waals surface area (Å²) in [7, 11) is 0. The largest absolute Gasteiger partial charge is 0.492 e. The van der Waals surface area contributed by atoms with Crippen LogP contribution in [0.15, 0.2) is 48.5 Å². The molecule has 2 rings (SSSR count). The number of rotatable bonds is 8. The van der Waals surface area contributed by atoms with Crippen LogP contribution in [-0.4, -0.2) is 42.5 Å². The molecule has 0 heterocycles. The number of ether oxygens (including phenoxy) is 1. The van der Waals surface area contributed by atoms with Gasteiger partial charge in [-0.2, -0.15) is 13.2 Å². The van der Waals surface area contributed by atoms with Crippen LogP contribution < -0.4 is 10.5 Å². The molecule has 2 aromatic carbocycles. The summed E-state index contributed by atoms with van der Waals surface area (Å²) in [4.78, 5) is 23.1. The van der Waals surface area contributed by atoms with Crippen molar-refractivity contribution in [2.75, 3.05) is 13.2 Å². The Hall–Kier alpha value is -2.87. The highest BCUT2D eigenvalue weighted by atomic mass is 19.4. The van der Waals surface area contributed by atoms with E-state index in [1.54, 1.807) is 48.5 Å². The average Bonchev–Trinajstić information content (AvgIpc) is 2.66. The first-order valence-electron chi connectivity index (χ1n) is 8.54. The molecule has 28 heavy (non-hydrogen) atoms. The van der Waals surface area contributed by atoms with Gasteiger partial charge in [0.25, 0.3) is 0 Å². The summed E-state index contributed by atoms with van der Waals surface area (Å²) in [5, 5.41) is 0. The minimum atomic E-state index is -4.99. The molecule has 0 bridgehead atoms. The molecule has 2 N–H and O–H groups in total. The lowest BCUT2D eigenvalue weighted by Crippen LogP contribution is -2.48. The molecule has 0 aliphatic rings. The van der Waals surface area contributed by atoms with E-state index in [0.29, 0.717) is 28.1 Å². The van der Waals surface area contributed by atoms with Crippen molar-refractivity contribution in [3.63, 3.8) is 0 Å². The Morgan fingerprint density at radius 1 is 1.14 bits per heavy atom. The lowest BCUT2D eigenvalue weighted by atomic mass is 10.1. The predicted octanol–water partition coefficient (Wildman–Crippen LogP) is 3.10. The number of carbonyl (C=O) groups is 2. The lowest BCUT2D eigenvalue weighted by molar-refractivity contribution is -0.186. The van der Waals surface area contributed by atoms with Gasteiger partial charge in [0.15, 0.2) is 0 Å². The molecule has 0 radical (unpaired) electrons. The number of aryl methyl sites for hydroxylation is 1. The summed E-state index contributed by atoms with van der Waals surface area (Å²) in [6.45, 7) is 1.24. The first-order valence-corrected chi connectivity index (χ1v) is 8.54. The van der Waals surface area contributed by atoms with Crippen LogP contribution in [0.5, 0.6) is 5.75 Å². The van der Waals surface area contributed by atoms with Crippen LogP contribution in [0, 0.1) is 6.92 Å². The predicted molar refractivity (Wildman–Crippen MR) is 98.0 cm³/mol. The molecule has 0 saturated heterocycles. The van der Waals surface area contributed by atoms with Gasteiger partial charge in [-0.15, -0.1) is 0 Å². The number of amides is 1. The normalized spacial score (nSPS) is 12.3. The van der Waals surface area contributed by atoms with E-state index in [4.69, 9.17) is 10.5 Å². The Morgan fingerprint density at radius 3 is 2.29 bits per heavy atom. The van der Waals surface area contributed by atoms with Crippen molar-refractivity contribution < 1.29 is 27.5 Å². The molecule has 0 aromatic heterocycles. The van der Waals surface area contributed by atoms with Gasteiger partial charge in [0.05, 0.1) is 6.04 Å². The Balaban J connectivity index is 2.01. The smallest absolute Gasteiger partial charge is 0.471 e. The van der Waals surface area contributed by atoms with E-state index in [1.807, 2.05) is 6.92 Å². The fraction of sp³-hybridized carbons (Fsp3) is 0.300. The highest BCUT2D eigenvalue weighted by Gasteiger charge is 2.42. The maximum atomic E-state index is 12.9. The molecular formula is C20H21F3N2O3. The van der Waals surface area contributed by atoms with Gasteiger partial charge in [0.1, 0.15) is 18.6 Å². The Kier molecular flexibility index (Phi) is 7.17. The molecule has 0 aliphatic carbocycles. The molecule has 2 aromatic rings. The summed E-state index contributed by atoms with van der Waals surface area (Å²) in [6, 6.07) is 12.2. The third-order valence-corrected chi connectivity index (χ3v) is 3.96. The van der Waals surface area contributed by atoms with E-state index in [0.717, 1.165) is 5.56 Å². The minimum absolute atomic E-state index is 0.0873. The van der Waals surface area contributed by atoms with E-state index < -0.39 is 18.1 Å². The number of benzene rings is 2. The van der Waals surface area contributed by atoms with Crippen LogP contribution in [0.4, 0.5) is 13.2 Å². The van der Waals surface area contributed by atoms with Crippen molar-refractivity contribution in [1.82, 2.24) is 4.90 Å². The molecule has 0 saturated carbocycles. The lowest BCUT2D eigenvalue weighted by Gasteiger charge is -2.27. The molecule has 0 unspecified atom stereocenters. The fourth-order valence-electron chi connectivity index (χ4n) is 2.49.